The Morgan fingerprint density at radius 2 is 1.53 bits per heavy atom. The number of carbonyl (C=O) groups excluding carboxylic acids is 2. The van der Waals surface area contributed by atoms with Gasteiger partial charge in [-0.15, -0.1) is 0 Å². The van der Waals surface area contributed by atoms with Gasteiger partial charge in [0.1, 0.15) is 0 Å². The third-order valence-corrected chi connectivity index (χ3v) is 8.45. The number of aryl methyl sites for hydroxylation is 2. The molecule has 1 fully saturated rings. The highest BCUT2D eigenvalue weighted by atomic mass is 32.2. The lowest BCUT2D eigenvalue weighted by atomic mass is 9.98. The Bertz CT molecular complexity index is 1090. The smallest absolute Gasteiger partial charge is 0.310 e. The summed E-state index contributed by atoms with van der Waals surface area (Å²) in [6.45, 7) is 7.88. The molecule has 1 amide bonds. The van der Waals surface area contributed by atoms with E-state index >= 15 is 0 Å². The Labute approximate surface area is 189 Å². The first-order valence-corrected chi connectivity index (χ1v) is 12.1. The molecular weight excluding hydrogens is 428 g/mol. The van der Waals surface area contributed by atoms with Crippen LogP contribution in [0, 0.1) is 33.6 Å². The second-order valence-electron chi connectivity index (χ2n) is 8.40. The van der Waals surface area contributed by atoms with E-state index in [4.69, 9.17) is 10.5 Å². The van der Waals surface area contributed by atoms with Crippen molar-refractivity contribution in [3.8, 4) is 0 Å². The molecule has 172 valence electrons. The Morgan fingerprint density at radius 3 is 2.03 bits per heavy atom. The molecule has 2 aromatic carbocycles. The zero-order chi connectivity index (χ0) is 23.6. The van der Waals surface area contributed by atoms with Gasteiger partial charge in [0, 0.05) is 18.7 Å². The lowest BCUT2D eigenvalue weighted by molar-refractivity contribution is -0.160. The van der Waals surface area contributed by atoms with Gasteiger partial charge >= 0.3 is 5.97 Å². The highest BCUT2D eigenvalue weighted by Gasteiger charge is 2.36. The number of nitrogens with zero attached hydrogens (tertiary/aromatic N) is 1. The molecule has 0 saturated carbocycles. The molecular formula is C24H30N2O5S. The van der Waals surface area contributed by atoms with Crippen LogP contribution in [0.5, 0.6) is 0 Å². The monoisotopic (exact) mass is 458 g/mol. The molecule has 1 aliphatic rings. The van der Waals surface area contributed by atoms with E-state index in [9.17, 15) is 18.0 Å². The predicted molar refractivity (Wildman–Crippen MR) is 121 cm³/mol. The molecule has 7 nitrogen and oxygen atoms in total. The molecule has 2 N–H and O–H groups in total. The first-order valence-electron chi connectivity index (χ1n) is 10.7. The summed E-state index contributed by atoms with van der Waals surface area (Å²) in [6.07, 6.45) is -0.520. The van der Waals surface area contributed by atoms with Crippen molar-refractivity contribution < 1.29 is 22.7 Å². The van der Waals surface area contributed by atoms with E-state index in [1.165, 1.54) is 4.31 Å². The first kappa shape index (κ1) is 23.9. The zero-order valence-electron chi connectivity index (χ0n) is 18.9. The van der Waals surface area contributed by atoms with Crippen LogP contribution in [0.2, 0.25) is 0 Å². The summed E-state index contributed by atoms with van der Waals surface area (Å²) in [5.74, 6) is -1.77. The number of benzene rings is 2. The Kier molecular flexibility index (Phi) is 7.05. The van der Waals surface area contributed by atoms with E-state index in [0.717, 1.165) is 22.3 Å². The maximum Gasteiger partial charge on any atom is 0.310 e. The summed E-state index contributed by atoms with van der Waals surface area (Å²) in [6, 6.07) is 10.6. The molecule has 1 aliphatic heterocycles. The minimum Gasteiger partial charge on any atom is -0.447 e. The average molecular weight is 459 g/mol. The number of sulfonamides is 1. The van der Waals surface area contributed by atoms with Crippen molar-refractivity contribution in [1.82, 2.24) is 4.31 Å². The van der Waals surface area contributed by atoms with Crippen LogP contribution in [0.4, 0.5) is 0 Å². The molecule has 0 spiro atoms. The van der Waals surface area contributed by atoms with Gasteiger partial charge in [0.05, 0.1) is 10.8 Å². The number of rotatable bonds is 6. The number of esters is 1. The number of amides is 1. The minimum absolute atomic E-state index is 0.209. The molecule has 0 aromatic heterocycles. The number of piperidine rings is 1. The number of hydrogen-bond acceptors (Lipinski definition) is 5. The maximum absolute atomic E-state index is 13.4. The molecule has 1 unspecified atom stereocenters. The minimum atomic E-state index is -3.69. The third-order valence-electron chi connectivity index (χ3n) is 6.28. The fraction of sp³-hybridized carbons (Fsp3) is 0.417. The first-order chi connectivity index (χ1) is 15.0. The second kappa shape index (κ2) is 9.42. The van der Waals surface area contributed by atoms with E-state index < -0.39 is 33.9 Å². The van der Waals surface area contributed by atoms with Crippen molar-refractivity contribution in [2.24, 2.45) is 11.7 Å². The summed E-state index contributed by atoms with van der Waals surface area (Å²) in [7, 11) is -3.69. The van der Waals surface area contributed by atoms with Crippen molar-refractivity contribution >= 4 is 21.9 Å². The molecule has 32 heavy (non-hydrogen) atoms. The zero-order valence-corrected chi connectivity index (χ0v) is 19.7. The highest BCUT2D eigenvalue weighted by molar-refractivity contribution is 7.89. The van der Waals surface area contributed by atoms with E-state index in [0.29, 0.717) is 23.3 Å². The van der Waals surface area contributed by atoms with Crippen molar-refractivity contribution in [1.29, 1.82) is 0 Å². The van der Waals surface area contributed by atoms with E-state index in [2.05, 4.69) is 0 Å². The number of ether oxygens (including phenoxy) is 1. The molecule has 2 aromatic rings. The van der Waals surface area contributed by atoms with Crippen LogP contribution < -0.4 is 5.73 Å². The van der Waals surface area contributed by atoms with Gasteiger partial charge in [-0.05, 0) is 62.8 Å². The lowest BCUT2D eigenvalue weighted by Gasteiger charge is -2.32. The topological polar surface area (TPSA) is 107 Å². The van der Waals surface area contributed by atoms with Gasteiger partial charge in [0.2, 0.25) is 16.1 Å². The van der Waals surface area contributed by atoms with Crippen LogP contribution >= 0.6 is 0 Å². The number of hydrogen-bond donors (Lipinski definition) is 1. The van der Waals surface area contributed by atoms with Crippen LogP contribution in [0.15, 0.2) is 41.3 Å². The van der Waals surface area contributed by atoms with Crippen LogP contribution in [0.3, 0.4) is 0 Å². The van der Waals surface area contributed by atoms with Gasteiger partial charge in [-0.3, -0.25) is 9.59 Å². The summed E-state index contributed by atoms with van der Waals surface area (Å²) in [5, 5.41) is 0. The Balaban J connectivity index is 1.72. The molecule has 1 saturated heterocycles. The molecule has 3 rings (SSSR count). The van der Waals surface area contributed by atoms with E-state index in [1.807, 2.05) is 33.8 Å². The Hall–Kier alpha value is -2.71. The van der Waals surface area contributed by atoms with Crippen molar-refractivity contribution in [3.63, 3.8) is 0 Å². The number of primary amides is 1. The summed E-state index contributed by atoms with van der Waals surface area (Å²) >= 11 is 0. The maximum atomic E-state index is 13.4. The van der Waals surface area contributed by atoms with Crippen LogP contribution in [0.1, 0.15) is 46.8 Å². The number of carbonyl (C=O) groups is 2. The van der Waals surface area contributed by atoms with Gasteiger partial charge in [0.15, 0.2) is 0 Å². The van der Waals surface area contributed by atoms with Gasteiger partial charge in [-0.2, -0.15) is 4.31 Å². The number of nitrogens with two attached hydrogens (primary N) is 1. The normalized spacial score (nSPS) is 16.5. The van der Waals surface area contributed by atoms with Gasteiger partial charge < -0.3 is 10.5 Å². The van der Waals surface area contributed by atoms with E-state index in [-0.39, 0.29) is 13.1 Å². The SMILES string of the molecule is Cc1cc(C)c(C)c(S(=O)(=O)N2CCC(C(=O)OC(C(N)=O)c3ccccc3)CC2)c1C. The van der Waals surface area contributed by atoms with Crippen LogP contribution in [-0.4, -0.2) is 37.7 Å². The largest absolute Gasteiger partial charge is 0.447 e. The van der Waals surface area contributed by atoms with Crippen LogP contribution in [-0.2, 0) is 24.3 Å². The van der Waals surface area contributed by atoms with Crippen molar-refractivity contribution in [3.05, 3.63) is 64.2 Å². The molecule has 0 bridgehead atoms. The molecule has 8 heteroatoms. The Morgan fingerprint density at radius 1 is 1.00 bits per heavy atom. The quantitative estimate of drug-likeness (QED) is 0.670. The third kappa shape index (κ3) is 4.71. The van der Waals surface area contributed by atoms with Crippen molar-refractivity contribution in [2.75, 3.05) is 13.1 Å². The molecule has 0 radical (unpaired) electrons. The van der Waals surface area contributed by atoms with Crippen LogP contribution in [0.25, 0.3) is 0 Å². The average Bonchev–Trinajstić information content (AvgIpc) is 2.76. The summed E-state index contributed by atoms with van der Waals surface area (Å²) < 4.78 is 33.7. The fourth-order valence-electron chi connectivity index (χ4n) is 4.16. The van der Waals surface area contributed by atoms with Gasteiger partial charge in [-0.25, -0.2) is 8.42 Å². The molecule has 0 aliphatic carbocycles. The lowest BCUT2D eigenvalue weighted by Crippen LogP contribution is -2.41. The van der Waals surface area contributed by atoms with E-state index in [1.54, 1.807) is 30.3 Å². The second-order valence-corrected chi connectivity index (χ2v) is 10.3. The van der Waals surface area contributed by atoms with Crippen molar-refractivity contribution in [2.45, 2.75) is 51.5 Å². The molecule has 1 heterocycles. The predicted octanol–water partition coefficient (Wildman–Crippen LogP) is 3.09. The highest BCUT2D eigenvalue weighted by Crippen LogP contribution is 2.32. The fourth-order valence-corrected chi connectivity index (χ4v) is 6.20. The van der Waals surface area contributed by atoms with Gasteiger partial charge in [-0.1, -0.05) is 36.4 Å². The summed E-state index contributed by atoms with van der Waals surface area (Å²) in [4.78, 5) is 24.9. The summed E-state index contributed by atoms with van der Waals surface area (Å²) in [5.41, 5.74) is 9.32. The standard InChI is InChI=1S/C24H30N2O5S/c1-15-14-16(2)18(4)22(17(15)3)32(29,30)26-12-10-20(11-13-26)24(28)31-21(23(25)27)19-8-6-5-7-9-19/h5-9,14,20-21H,10-13H2,1-4H3,(H2,25,27). The molecule has 1 atom stereocenters. The van der Waals surface area contributed by atoms with Gasteiger partial charge in [0.25, 0.3) is 5.91 Å².